The summed E-state index contributed by atoms with van der Waals surface area (Å²) in [7, 11) is 1.85. The third kappa shape index (κ3) is 4.87. The van der Waals surface area contributed by atoms with Crippen molar-refractivity contribution in [2.75, 3.05) is 26.7 Å². The van der Waals surface area contributed by atoms with Crippen LogP contribution in [0.25, 0.3) is 0 Å². The molecule has 3 rings (SSSR count). The highest BCUT2D eigenvalue weighted by Gasteiger charge is 2.30. The molecule has 1 atom stereocenters. The molecule has 132 valence electrons. The number of rotatable bonds is 5. The highest BCUT2D eigenvalue weighted by atomic mass is 35.5. The van der Waals surface area contributed by atoms with Crippen LogP contribution in [-0.2, 0) is 6.42 Å². The fourth-order valence-corrected chi connectivity index (χ4v) is 4.00. The van der Waals surface area contributed by atoms with Crippen molar-refractivity contribution in [1.82, 2.24) is 15.5 Å². The second kappa shape index (κ2) is 8.72. The Labute approximate surface area is 150 Å². The molecule has 1 saturated carbocycles. The Morgan fingerprint density at radius 2 is 1.96 bits per heavy atom. The van der Waals surface area contributed by atoms with Crippen LogP contribution >= 0.6 is 11.6 Å². The fourth-order valence-electron chi connectivity index (χ4n) is 3.87. The van der Waals surface area contributed by atoms with Crippen molar-refractivity contribution in [1.29, 1.82) is 0 Å². The van der Waals surface area contributed by atoms with Crippen molar-refractivity contribution in [2.24, 2.45) is 4.99 Å². The molecule has 0 spiro atoms. The monoisotopic (exact) mass is 348 g/mol. The minimum Gasteiger partial charge on any atom is -0.356 e. The quantitative estimate of drug-likeness (QED) is 0.634. The van der Waals surface area contributed by atoms with E-state index in [1.165, 1.54) is 44.2 Å². The summed E-state index contributed by atoms with van der Waals surface area (Å²) in [6.45, 7) is 3.26. The van der Waals surface area contributed by atoms with Crippen molar-refractivity contribution in [3.63, 3.8) is 0 Å². The van der Waals surface area contributed by atoms with E-state index in [9.17, 15) is 0 Å². The SMILES string of the molecule is CN=C(NCCc1ccc(Cl)cc1)NC1CCN(C2CCCC2)C1. The Hall–Kier alpha value is -1.26. The molecule has 0 amide bonds. The molecule has 1 aliphatic carbocycles. The molecule has 0 radical (unpaired) electrons. The summed E-state index contributed by atoms with van der Waals surface area (Å²) in [6, 6.07) is 9.40. The van der Waals surface area contributed by atoms with Crippen LogP contribution in [0.4, 0.5) is 0 Å². The van der Waals surface area contributed by atoms with E-state index in [1.807, 2.05) is 19.2 Å². The third-order valence-corrected chi connectivity index (χ3v) is 5.50. The average Bonchev–Trinajstić information content (AvgIpc) is 3.27. The Balaban J connectivity index is 1.39. The molecule has 4 nitrogen and oxygen atoms in total. The topological polar surface area (TPSA) is 39.7 Å². The fraction of sp³-hybridized carbons (Fsp3) is 0.632. The predicted octanol–water partition coefficient (Wildman–Crippen LogP) is 3.06. The van der Waals surface area contributed by atoms with Gasteiger partial charge in [-0.25, -0.2) is 0 Å². The molecule has 1 aromatic rings. The molecule has 24 heavy (non-hydrogen) atoms. The number of benzene rings is 1. The number of likely N-dealkylation sites (tertiary alicyclic amines) is 1. The van der Waals surface area contributed by atoms with Gasteiger partial charge >= 0.3 is 0 Å². The summed E-state index contributed by atoms with van der Waals surface area (Å²) >= 11 is 5.92. The highest BCUT2D eigenvalue weighted by Crippen LogP contribution is 2.26. The zero-order valence-electron chi connectivity index (χ0n) is 14.6. The van der Waals surface area contributed by atoms with E-state index in [0.29, 0.717) is 6.04 Å². The summed E-state index contributed by atoms with van der Waals surface area (Å²) in [5, 5.41) is 7.81. The molecule has 2 aliphatic rings. The number of hydrogen-bond acceptors (Lipinski definition) is 2. The molecular formula is C19H29ClN4. The Morgan fingerprint density at radius 3 is 2.67 bits per heavy atom. The third-order valence-electron chi connectivity index (χ3n) is 5.24. The van der Waals surface area contributed by atoms with Crippen molar-refractivity contribution in [3.8, 4) is 0 Å². The summed E-state index contributed by atoms with van der Waals surface area (Å²) in [5.74, 6) is 0.919. The molecular weight excluding hydrogens is 320 g/mol. The highest BCUT2D eigenvalue weighted by molar-refractivity contribution is 6.30. The number of guanidine groups is 1. The van der Waals surface area contributed by atoms with E-state index in [1.54, 1.807) is 0 Å². The van der Waals surface area contributed by atoms with Gasteiger partial charge in [-0.2, -0.15) is 0 Å². The Morgan fingerprint density at radius 1 is 1.21 bits per heavy atom. The predicted molar refractivity (Wildman–Crippen MR) is 102 cm³/mol. The van der Waals surface area contributed by atoms with Gasteiger partial charge < -0.3 is 10.6 Å². The van der Waals surface area contributed by atoms with Gasteiger partial charge in [0.1, 0.15) is 0 Å². The van der Waals surface area contributed by atoms with Gasteiger partial charge in [-0.1, -0.05) is 36.6 Å². The molecule has 1 unspecified atom stereocenters. The summed E-state index contributed by atoms with van der Waals surface area (Å²) in [6.07, 6.45) is 7.78. The van der Waals surface area contributed by atoms with E-state index >= 15 is 0 Å². The molecule has 2 fully saturated rings. The van der Waals surface area contributed by atoms with E-state index in [0.717, 1.165) is 36.5 Å². The second-order valence-corrected chi connectivity index (χ2v) is 7.38. The van der Waals surface area contributed by atoms with Gasteiger partial charge in [-0.05, 0) is 43.4 Å². The van der Waals surface area contributed by atoms with Crippen molar-refractivity contribution in [2.45, 2.75) is 50.6 Å². The lowest BCUT2D eigenvalue weighted by Gasteiger charge is -2.24. The lowest BCUT2D eigenvalue weighted by molar-refractivity contribution is 0.242. The number of aliphatic imine (C=N–C) groups is 1. The summed E-state index contributed by atoms with van der Waals surface area (Å²) in [4.78, 5) is 7.05. The maximum atomic E-state index is 5.92. The van der Waals surface area contributed by atoms with Crippen molar-refractivity contribution < 1.29 is 0 Å². The molecule has 1 aliphatic heterocycles. The maximum Gasteiger partial charge on any atom is 0.191 e. The largest absolute Gasteiger partial charge is 0.356 e. The molecule has 2 N–H and O–H groups in total. The Kier molecular flexibility index (Phi) is 6.38. The van der Waals surface area contributed by atoms with Gasteiger partial charge in [0, 0.05) is 43.8 Å². The van der Waals surface area contributed by atoms with Crippen LogP contribution in [0, 0.1) is 0 Å². The molecule has 1 aromatic carbocycles. The first-order chi connectivity index (χ1) is 11.7. The maximum absolute atomic E-state index is 5.92. The lowest BCUT2D eigenvalue weighted by atomic mass is 10.1. The van der Waals surface area contributed by atoms with Crippen LogP contribution in [0.5, 0.6) is 0 Å². The number of nitrogens with one attached hydrogen (secondary N) is 2. The first-order valence-corrected chi connectivity index (χ1v) is 9.58. The van der Waals surface area contributed by atoms with Crippen LogP contribution in [0.15, 0.2) is 29.3 Å². The second-order valence-electron chi connectivity index (χ2n) is 6.94. The van der Waals surface area contributed by atoms with Gasteiger partial charge in [0.15, 0.2) is 5.96 Å². The van der Waals surface area contributed by atoms with Gasteiger partial charge in [-0.15, -0.1) is 0 Å². The van der Waals surface area contributed by atoms with Crippen LogP contribution in [0.1, 0.15) is 37.7 Å². The first kappa shape index (κ1) is 17.6. The van der Waals surface area contributed by atoms with E-state index in [2.05, 4.69) is 32.7 Å². The number of halogens is 1. The standard InChI is InChI=1S/C19H29ClN4/c1-21-19(22-12-10-15-6-8-16(20)9-7-15)23-17-11-13-24(14-17)18-4-2-3-5-18/h6-9,17-18H,2-5,10-14H2,1H3,(H2,21,22,23). The van der Waals surface area contributed by atoms with Crippen LogP contribution < -0.4 is 10.6 Å². The normalized spacial score (nSPS) is 22.9. The van der Waals surface area contributed by atoms with E-state index in [4.69, 9.17) is 11.6 Å². The number of hydrogen-bond donors (Lipinski definition) is 2. The number of nitrogens with zero attached hydrogens (tertiary/aromatic N) is 2. The zero-order chi connectivity index (χ0) is 16.8. The van der Waals surface area contributed by atoms with Crippen LogP contribution in [0.3, 0.4) is 0 Å². The van der Waals surface area contributed by atoms with Gasteiger partial charge in [0.2, 0.25) is 0 Å². The van der Waals surface area contributed by atoms with E-state index in [-0.39, 0.29) is 0 Å². The molecule has 1 saturated heterocycles. The summed E-state index contributed by atoms with van der Waals surface area (Å²) in [5.41, 5.74) is 1.29. The van der Waals surface area contributed by atoms with E-state index < -0.39 is 0 Å². The van der Waals surface area contributed by atoms with Crippen molar-refractivity contribution in [3.05, 3.63) is 34.9 Å². The molecule has 5 heteroatoms. The minimum absolute atomic E-state index is 0.521. The van der Waals surface area contributed by atoms with Crippen LogP contribution in [-0.4, -0.2) is 49.6 Å². The van der Waals surface area contributed by atoms with Gasteiger partial charge in [0.25, 0.3) is 0 Å². The minimum atomic E-state index is 0.521. The first-order valence-electron chi connectivity index (χ1n) is 9.20. The molecule has 1 heterocycles. The van der Waals surface area contributed by atoms with Gasteiger partial charge in [-0.3, -0.25) is 9.89 Å². The van der Waals surface area contributed by atoms with Gasteiger partial charge in [0.05, 0.1) is 0 Å². The van der Waals surface area contributed by atoms with Crippen molar-refractivity contribution >= 4 is 17.6 Å². The molecule has 0 bridgehead atoms. The lowest BCUT2D eigenvalue weighted by Crippen LogP contribution is -2.45. The smallest absolute Gasteiger partial charge is 0.191 e. The van der Waals surface area contributed by atoms with Crippen LogP contribution in [0.2, 0.25) is 5.02 Å². The summed E-state index contributed by atoms with van der Waals surface area (Å²) < 4.78 is 0. The zero-order valence-corrected chi connectivity index (χ0v) is 15.4. The molecule has 0 aromatic heterocycles. The average molecular weight is 349 g/mol. The Bertz CT molecular complexity index is 537.